The molecule has 0 unspecified atom stereocenters. The molecular formula is C14H13FO2. The van der Waals surface area contributed by atoms with Gasteiger partial charge < -0.3 is 9.84 Å². The summed E-state index contributed by atoms with van der Waals surface area (Å²) in [4.78, 5) is 0. The van der Waals surface area contributed by atoms with Crippen molar-refractivity contribution in [2.75, 3.05) is 0 Å². The highest BCUT2D eigenvalue weighted by Gasteiger charge is 2.05. The molecule has 0 heterocycles. The van der Waals surface area contributed by atoms with Crippen molar-refractivity contribution < 1.29 is 14.2 Å². The Balaban J connectivity index is 2.10. The van der Waals surface area contributed by atoms with Gasteiger partial charge in [0.2, 0.25) is 0 Å². The molecule has 0 fully saturated rings. The lowest BCUT2D eigenvalue weighted by Crippen LogP contribution is -1.98. The Morgan fingerprint density at radius 1 is 1.18 bits per heavy atom. The monoisotopic (exact) mass is 232 g/mol. The largest absolute Gasteiger partial charge is 0.504 e. The number of rotatable bonds is 3. The topological polar surface area (TPSA) is 29.5 Å². The molecule has 2 nitrogen and oxygen atoms in total. The number of phenolic OH excluding ortho intramolecular Hbond substituents is 1. The van der Waals surface area contributed by atoms with Gasteiger partial charge in [-0.25, -0.2) is 4.39 Å². The number of phenols is 1. The van der Waals surface area contributed by atoms with Crippen LogP contribution in [0, 0.1) is 12.7 Å². The molecule has 2 aromatic rings. The molecule has 0 atom stereocenters. The van der Waals surface area contributed by atoms with Gasteiger partial charge in [-0.05, 0) is 30.7 Å². The highest BCUT2D eigenvalue weighted by Crippen LogP contribution is 2.27. The first-order chi connectivity index (χ1) is 8.16. The number of aromatic hydroxyl groups is 1. The Labute approximate surface area is 99.3 Å². The summed E-state index contributed by atoms with van der Waals surface area (Å²) in [6.07, 6.45) is 0. The first-order valence-electron chi connectivity index (χ1n) is 5.32. The molecule has 0 amide bonds. The third-order valence-corrected chi connectivity index (χ3v) is 2.46. The minimum atomic E-state index is -0.306. The molecule has 88 valence electrons. The van der Waals surface area contributed by atoms with Crippen LogP contribution in [0.3, 0.4) is 0 Å². The van der Waals surface area contributed by atoms with E-state index in [9.17, 15) is 9.50 Å². The van der Waals surface area contributed by atoms with E-state index in [0.717, 1.165) is 5.56 Å². The van der Waals surface area contributed by atoms with E-state index >= 15 is 0 Å². The minimum Gasteiger partial charge on any atom is -0.504 e. The Bertz CT molecular complexity index is 523. The molecule has 0 bridgehead atoms. The van der Waals surface area contributed by atoms with E-state index in [1.54, 1.807) is 30.3 Å². The number of hydrogen-bond donors (Lipinski definition) is 1. The van der Waals surface area contributed by atoms with Gasteiger partial charge in [-0.1, -0.05) is 24.3 Å². The predicted molar refractivity (Wildman–Crippen MR) is 63.6 cm³/mol. The lowest BCUT2D eigenvalue weighted by atomic mass is 10.2. The van der Waals surface area contributed by atoms with Gasteiger partial charge in [-0.2, -0.15) is 0 Å². The summed E-state index contributed by atoms with van der Waals surface area (Å²) in [6, 6.07) is 11.5. The van der Waals surface area contributed by atoms with Crippen LogP contribution in [0.25, 0.3) is 0 Å². The van der Waals surface area contributed by atoms with Crippen molar-refractivity contribution in [3.8, 4) is 11.5 Å². The van der Waals surface area contributed by atoms with Crippen LogP contribution in [0.15, 0.2) is 42.5 Å². The summed E-state index contributed by atoms with van der Waals surface area (Å²) in [6.45, 7) is 1.98. The number of aryl methyl sites for hydroxylation is 1. The Hall–Kier alpha value is -2.03. The van der Waals surface area contributed by atoms with Crippen LogP contribution in [0.2, 0.25) is 0 Å². The zero-order valence-electron chi connectivity index (χ0n) is 9.48. The number of ether oxygens (including phenoxy) is 1. The van der Waals surface area contributed by atoms with Crippen molar-refractivity contribution >= 4 is 0 Å². The van der Waals surface area contributed by atoms with E-state index in [2.05, 4.69) is 0 Å². The van der Waals surface area contributed by atoms with Crippen LogP contribution in [0.4, 0.5) is 4.39 Å². The molecule has 0 aliphatic rings. The van der Waals surface area contributed by atoms with Crippen molar-refractivity contribution in [3.63, 3.8) is 0 Å². The standard InChI is InChI=1S/C14H13FO2/c1-10-6-7-14(13(16)8-10)17-9-11-4-2-3-5-12(11)15/h2-8,16H,9H2,1H3. The molecule has 3 heteroatoms. The SMILES string of the molecule is Cc1ccc(OCc2ccccc2F)c(O)c1. The third-order valence-electron chi connectivity index (χ3n) is 2.46. The highest BCUT2D eigenvalue weighted by atomic mass is 19.1. The van der Waals surface area contributed by atoms with Gasteiger partial charge in [-0.15, -0.1) is 0 Å². The maximum Gasteiger partial charge on any atom is 0.161 e. The van der Waals surface area contributed by atoms with Crippen molar-refractivity contribution in [2.24, 2.45) is 0 Å². The zero-order valence-corrected chi connectivity index (χ0v) is 9.48. The number of benzene rings is 2. The van der Waals surface area contributed by atoms with E-state index in [4.69, 9.17) is 4.74 Å². The molecule has 17 heavy (non-hydrogen) atoms. The lowest BCUT2D eigenvalue weighted by Gasteiger charge is -2.09. The second-order valence-corrected chi connectivity index (χ2v) is 3.85. The van der Waals surface area contributed by atoms with Gasteiger partial charge in [0.05, 0.1) is 0 Å². The first kappa shape index (κ1) is 11.5. The number of halogens is 1. The predicted octanol–water partition coefficient (Wildman–Crippen LogP) is 3.42. The van der Waals surface area contributed by atoms with Gasteiger partial charge in [0.25, 0.3) is 0 Å². The molecule has 0 aliphatic heterocycles. The second kappa shape index (κ2) is 4.87. The van der Waals surface area contributed by atoms with Crippen LogP contribution in [-0.2, 0) is 6.61 Å². The molecule has 0 aromatic heterocycles. The molecule has 0 saturated carbocycles. The van der Waals surface area contributed by atoms with Crippen LogP contribution in [0.1, 0.15) is 11.1 Å². The molecule has 0 saturated heterocycles. The summed E-state index contributed by atoms with van der Waals surface area (Å²) in [7, 11) is 0. The van der Waals surface area contributed by atoms with Crippen LogP contribution in [-0.4, -0.2) is 5.11 Å². The van der Waals surface area contributed by atoms with E-state index in [-0.39, 0.29) is 18.2 Å². The maximum atomic E-state index is 13.3. The lowest BCUT2D eigenvalue weighted by molar-refractivity contribution is 0.283. The zero-order chi connectivity index (χ0) is 12.3. The van der Waals surface area contributed by atoms with E-state index < -0.39 is 0 Å². The smallest absolute Gasteiger partial charge is 0.161 e. The van der Waals surface area contributed by atoms with E-state index in [1.165, 1.54) is 6.07 Å². The molecule has 0 spiro atoms. The first-order valence-corrected chi connectivity index (χ1v) is 5.32. The summed E-state index contributed by atoms with van der Waals surface area (Å²) in [5, 5.41) is 9.62. The molecule has 2 aromatic carbocycles. The Kier molecular flexibility index (Phi) is 3.28. The van der Waals surface area contributed by atoms with Crippen molar-refractivity contribution in [3.05, 3.63) is 59.4 Å². The Morgan fingerprint density at radius 3 is 2.65 bits per heavy atom. The average molecular weight is 232 g/mol. The number of hydrogen-bond acceptors (Lipinski definition) is 2. The van der Waals surface area contributed by atoms with Gasteiger partial charge in [0, 0.05) is 5.56 Å². The molecule has 0 radical (unpaired) electrons. The maximum absolute atomic E-state index is 13.3. The van der Waals surface area contributed by atoms with Crippen molar-refractivity contribution in [2.45, 2.75) is 13.5 Å². The summed E-state index contributed by atoms with van der Waals surface area (Å²) < 4.78 is 18.7. The van der Waals surface area contributed by atoms with Crippen LogP contribution in [0.5, 0.6) is 11.5 Å². The summed E-state index contributed by atoms with van der Waals surface area (Å²) in [5.74, 6) is 0.124. The van der Waals surface area contributed by atoms with Gasteiger partial charge in [0.1, 0.15) is 12.4 Å². The molecule has 1 N–H and O–H groups in total. The van der Waals surface area contributed by atoms with Gasteiger partial charge in [0.15, 0.2) is 11.5 Å². The van der Waals surface area contributed by atoms with Crippen molar-refractivity contribution in [1.82, 2.24) is 0 Å². The molecule has 2 rings (SSSR count). The second-order valence-electron chi connectivity index (χ2n) is 3.85. The summed E-state index contributed by atoms with van der Waals surface area (Å²) >= 11 is 0. The quantitative estimate of drug-likeness (QED) is 0.878. The van der Waals surface area contributed by atoms with E-state index in [0.29, 0.717) is 11.3 Å². The highest BCUT2D eigenvalue weighted by molar-refractivity contribution is 5.41. The van der Waals surface area contributed by atoms with Crippen LogP contribution < -0.4 is 4.74 Å². The fourth-order valence-corrected chi connectivity index (χ4v) is 1.52. The fraction of sp³-hybridized carbons (Fsp3) is 0.143. The Morgan fingerprint density at radius 2 is 1.94 bits per heavy atom. The van der Waals surface area contributed by atoms with E-state index in [1.807, 2.05) is 13.0 Å². The minimum absolute atomic E-state index is 0.0707. The molecule has 0 aliphatic carbocycles. The third kappa shape index (κ3) is 2.75. The normalized spacial score (nSPS) is 10.2. The summed E-state index contributed by atoms with van der Waals surface area (Å²) in [5.41, 5.74) is 1.41. The molecular weight excluding hydrogens is 219 g/mol. The average Bonchev–Trinajstić information content (AvgIpc) is 2.30. The van der Waals surface area contributed by atoms with Gasteiger partial charge in [-0.3, -0.25) is 0 Å². The van der Waals surface area contributed by atoms with Crippen molar-refractivity contribution in [1.29, 1.82) is 0 Å². The fourth-order valence-electron chi connectivity index (χ4n) is 1.52. The van der Waals surface area contributed by atoms with Gasteiger partial charge >= 0.3 is 0 Å². The van der Waals surface area contributed by atoms with Crippen LogP contribution >= 0.6 is 0 Å².